The second kappa shape index (κ2) is 6.76. The predicted octanol–water partition coefficient (Wildman–Crippen LogP) is 2.06. The maximum Gasteiger partial charge on any atom is 0.407 e. The molecular weight excluding hydrogens is 256 g/mol. The highest BCUT2D eigenvalue weighted by atomic mass is 16.6. The van der Waals surface area contributed by atoms with Gasteiger partial charge in [-0.1, -0.05) is 0 Å². The Kier molecular flexibility index (Phi) is 5.27. The molecule has 0 bridgehead atoms. The van der Waals surface area contributed by atoms with E-state index in [0.717, 1.165) is 45.4 Å². The number of ether oxygens (including phenoxy) is 2. The zero-order valence-electron chi connectivity index (χ0n) is 12.9. The summed E-state index contributed by atoms with van der Waals surface area (Å²) in [7, 11) is 0. The van der Waals surface area contributed by atoms with E-state index < -0.39 is 5.60 Å². The average molecular weight is 284 g/mol. The van der Waals surface area contributed by atoms with Crippen molar-refractivity contribution in [2.24, 2.45) is 5.92 Å². The fourth-order valence-electron chi connectivity index (χ4n) is 3.00. The van der Waals surface area contributed by atoms with Crippen molar-refractivity contribution in [3.8, 4) is 0 Å². The summed E-state index contributed by atoms with van der Waals surface area (Å²) in [5, 5.41) is 6.37. The molecule has 2 rings (SSSR count). The first-order valence-corrected chi connectivity index (χ1v) is 7.76. The van der Waals surface area contributed by atoms with Crippen molar-refractivity contribution in [3.05, 3.63) is 0 Å². The van der Waals surface area contributed by atoms with Crippen LogP contribution in [0.1, 0.15) is 46.5 Å². The van der Waals surface area contributed by atoms with Crippen molar-refractivity contribution in [2.75, 3.05) is 19.7 Å². The van der Waals surface area contributed by atoms with Crippen LogP contribution in [0, 0.1) is 5.92 Å². The molecule has 1 saturated heterocycles. The molecule has 0 aromatic carbocycles. The average Bonchev–Trinajstić information content (AvgIpc) is 2.38. The van der Waals surface area contributed by atoms with Crippen molar-refractivity contribution in [1.82, 2.24) is 10.6 Å². The zero-order valence-corrected chi connectivity index (χ0v) is 12.9. The van der Waals surface area contributed by atoms with E-state index in [1.807, 2.05) is 20.8 Å². The van der Waals surface area contributed by atoms with Gasteiger partial charge >= 0.3 is 6.09 Å². The topological polar surface area (TPSA) is 59.6 Å². The number of carbonyl (C=O) groups is 1. The Morgan fingerprint density at radius 3 is 2.50 bits per heavy atom. The molecule has 1 aliphatic heterocycles. The standard InChI is InChI=1S/C15H28N2O3/c1-15(2,3)20-14(18)17-12-6-4-11(5-7-12)13-10-16-8-9-19-13/h11-13,16H,4-10H2,1-3H3,(H,17,18). The third-order valence-corrected chi connectivity index (χ3v) is 3.97. The molecule has 0 aromatic heterocycles. The summed E-state index contributed by atoms with van der Waals surface area (Å²) in [6.07, 6.45) is 4.33. The molecule has 1 saturated carbocycles. The van der Waals surface area contributed by atoms with Crippen LogP contribution in [0.5, 0.6) is 0 Å². The van der Waals surface area contributed by atoms with E-state index in [2.05, 4.69) is 10.6 Å². The largest absolute Gasteiger partial charge is 0.444 e. The van der Waals surface area contributed by atoms with Gasteiger partial charge in [0.25, 0.3) is 0 Å². The molecule has 1 unspecified atom stereocenters. The van der Waals surface area contributed by atoms with Crippen LogP contribution in [0.2, 0.25) is 0 Å². The first-order valence-electron chi connectivity index (χ1n) is 7.76. The van der Waals surface area contributed by atoms with E-state index in [-0.39, 0.29) is 12.1 Å². The second-order valence-electron chi connectivity index (χ2n) is 6.87. The third-order valence-electron chi connectivity index (χ3n) is 3.97. The second-order valence-corrected chi connectivity index (χ2v) is 6.87. The van der Waals surface area contributed by atoms with E-state index in [4.69, 9.17) is 9.47 Å². The van der Waals surface area contributed by atoms with E-state index in [1.165, 1.54) is 0 Å². The summed E-state index contributed by atoms with van der Waals surface area (Å²) >= 11 is 0. The van der Waals surface area contributed by atoms with Gasteiger partial charge in [0, 0.05) is 19.1 Å². The maximum absolute atomic E-state index is 11.7. The summed E-state index contributed by atoms with van der Waals surface area (Å²) in [4.78, 5) is 11.7. The highest BCUT2D eigenvalue weighted by molar-refractivity contribution is 5.68. The number of nitrogens with one attached hydrogen (secondary N) is 2. The van der Waals surface area contributed by atoms with Crippen LogP contribution < -0.4 is 10.6 Å². The molecule has 20 heavy (non-hydrogen) atoms. The van der Waals surface area contributed by atoms with Gasteiger partial charge < -0.3 is 20.1 Å². The van der Waals surface area contributed by atoms with Crippen LogP contribution in [-0.4, -0.2) is 43.5 Å². The first kappa shape index (κ1) is 15.6. The molecule has 1 atom stereocenters. The van der Waals surface area contributed by atoms with Gasteiger partial charge in [-0.25, -0.2) is 4.79 Å². The smallest absolute Gasteiger partial charge is 0.407 e. The van der Waals surface area contributed by atoms with Gasteiger partial charge in [-0.15, -0.1) is 0 Å². The summed E-state index contributed by atoms with van der Waals surface area (Å²) < 4.78 is 11.1. The maximum atomic E-state index is 11.7. The quantitative estimate of drug-likeness (QED) is 0.815. The number of rotatable bonds is 2. The molecule has 5 heteroatoms. The minimum atomic E-state index is -0.428. The number of hydrogen-bond donors (Lipinski definition) is 2. The van der Waals surface area contributed by atoms with Crippen molar-refractivity contribution >= 4 is 6.09 Å². The Morgan fingerprint density at radius 2 is 1.95 bits per heavy atom. The normalized spacial score (nSPS) is 31.6. The molecule has 5 nitrogen and oxygen atoms in total. The van der Waals surface area contributed by atoms with Crippen molar-refractivity contribution in [2.45, 2.75) is 64.2 Å². The molecule has 0 aromatic rings. The van der Waals surface area contributed by atoms with Gasteiger partial charge in [0.1, 0.15) is 5.60 Å². The minimum absolute atomic E-state index is 0.248. The number of carbonyl (C=O) groups excluding carboxylic acids is 1. The van der Waals surface area contributed by atoms with Crippen LogP contribution in [0.25, 0.3) is 0 Å². The zero-order chi connectivity index (χ0) is 14.6. The molecule has 0 radical (unpaired) electrons. The van der Waals surface area contributed by atoms with Crippen molar-refractivity contribution < 1.29 is 14.3 Å². The molecule has 1 aliphatic carbocycles. The number of morpholine rings is 1. The van der Waals surface area contributed by atoms with Gasteiger partial charge in [0.2, 0.25) is 0 Å². The molecule has 1 heterocycles. The van der Waals surface area contributed by atoms with E-state index >= 15 is 0 Å². The van der Waals surface area contributed by atoms with Crippen molar-refractivity contribution in [1.29, 1.82) is 0 Å². The Hall–Kier alpha value is -0.810. The number of alkyl carbamates (subject to hydrolysis) is 1. The van der Waals surface area contributed by atoms with Gasteiger partial charge in [-0.05, 0) is 52.4 Å². The summed E-state index contributed by atoms with van der Waals surface area (Å²) in [6, 6.07) is 0.248. The fourth-order valence-corrected chi connectivity index (χ4v) is 3.00. The number of hydrogen-bond acceptors (Lipinski definition) is 4. The fraction of sp³-hybridized carbons (Fsp3) is 0.933. The van der Waals surface area contributed by atoms with Crippen LogP contribution in [0.15, 0.2) is 0 Å². The molecule has 1 amide bonds. The van der Waals surface area contributed by atoms with E-state index in [1.54, 1.807) is 0 Å². The third kappa shape index (κ3) is 4.94. The van der Waals surface area contributed by atoms with Gasteiger partial charge in [0.15, 0.2) is 0 Å². The molecule has 2 aliphatic rings. The van der Waals surface area contributed by atoms with Crippen LogP contribution in [0.3, 0.4) is 0 Å². The lowest BCUT2D eigenvalue weighted by molar-refractivity contribution is -0.0216. The van der Waals surface area contributed by atoms with Gasteiger partial charge in [0.05, 0.1) is 12.7 Å². The Bertz CT molecular complexity index is 314. The molecule has 2 fully saturated rings. The highest BCUT2D eigenvalue weighted by Gasteiger charge is 2.30. The lowest BCUT2D eigenvalue weighted by atomic mass is 9.82. The lowest BCUT2D eigenvalue weighted by Gasteiger charge is -2.36. The highest BCUT2D eigenvalue weighted by Crippen LogP contribution is 2.29. The molecular formula is C15H28N2O3. The first-order chi connectivity index (χ1) is 9.44. The Morgan fingerprint density at radius 1 is 1.25 bits per heavy atom. The van der Waals surface area contributed by atoms with E-state index in [0.29, 0.717) is 12.0 Å². The summed E-state index contributed by atoms with van der Waals surface area (Å²) in [6.45, 7) is 8.41. The van der Waals surface area contributed by atoms with Crippen LogP contribution in [-0.2, 0) is 9.47 Å². The molecule has 116 valence electrons. The Balaban J connectivity index is 1.70. The number of amides is 1. The Labute approximate surface area is 121 Å². The van der Waals surface area contributed by atoms with Crippen LogP contribution >= 0.6 is 0 Å². The lowest BCUT2D eigenvalue weighted by Crippen LogP contribution is -2.46. The SMILES string of the molecule is CC(C)(C)OC(=O)NC1CCC(C2CNCCO2)CC1. The van der Waals surface area contributed by atoms with Crippen LogP contribution in [0.4, 0.5) is 4.79 Å². The predicted molar refractivity (Wildman–Crippen MR) is 77.7 cm³/mol. The molecule has 0 spiro atoms. The van der Waals surface area contributed by atoms with Gasteiger partial charge in [-0.3, -0.25) is 0 Å². The van der Waals surface area contributed by atoms with Gasteiger partial charge in [-0.2, -0.15) is 0 Å². The monoisotopic (exact) mass is 284 g/mol. The van der Waals surface area contributed by atoms with Crippen molar-refractivity contribution in [3.63, 3.8) is 0 Å². The molecule has 2 N–H and O–H groups in total. The minimum Gasteiger partial charge on any atom is -0.444 e. The van der Waals surface area contributed by atoms with E-state index in [9.17, 15) is 4.79 Å². The summed E-state index contributed by atoms with van der Waals surface area (Å²) in [5.41, 5.74) is -0.428. The summed E-state index contributed by atoms with van der Waals surface area (Å²) in [5.74, 6) is 0.625.